The number of Topliss-reactive ketones (excluding diaryl/α,β-unsaturated/α-hetero) is 1. The van der Waals surface area contributed by atoms with Gasteiger partial charge in [-0.2, -0.15) is 5.10 Å². The number of methoxy groups -OCH3 is 1. The first kappa shape index (κ1) is 18.7. The number of carbonyl (C=O) groups excluding carboxylic acids is 1. The highest BCUT2D eigenvalue weighted by atomic mass is 16.5. The number of ether oxygens (including phenoxy) is 1. The lowest BCUT2D eigenvalue weighted by atomic mass is 9.98. The van der Waals surface area contributed by atoms with Crippen LogP contribution in [0.15, 0.2) is 72.8 Å². The summed E-state index contributed by atoms with van der Waals surface area (Å²) in [7, 11) is 3.49. The van der Waals surface area contributed by atoms with Gasteiger partial charge in [-0.25, -0.2) is 0 Å². The maximum Gasteiger partial charge on any atom is 0.210 e. The van der Waals surface area contributed by atoms with Gasteiger partial charge in [0.15, 0.2) is 0 Å². The van der Waals surface area contributed by atoms with Crippen molar-refractivity contribution < 1.29 is 9.53 Å². The number of hydrogen-bond donors (Lipinski definition) is 1. The van der Waals surface area contributed by atoms with Crippen molar-refractivity contribution in [3.8, 4) is 5.75 Å². The predicted molar refractivity (Wildman–Crippen MR) is 116 cm³/mol. The van der Waals surface area contributed by atoms with Gasteiger partial charge in [0.1, 0.15) is 17.5 Å². The van der Waals surface area contributed by atoms with E-state index in [0.717, 1.165) is 33.5 Å². The molecule has 1 atom stereocenters. The molecule has 0 aliphatic heterocycles. The van der Waals surface area contributed by atoms with Crippen LogP contribution in [0.25, 0.3) is 10.9 Å². The standard InChI is InChI=1S/C24H23N3O2/c1-16-12-13-20-21(14-16)27(2)26-23(20)24(28)22(17-8-5-4-6-9-17)25-18-10-7-11-19(15-18)29-3/h4-15,22,25H,1-3H3. The fraction of sp³-hybridized carbons (Fsp3) is 0.167. The van der Waals surface area contributed by atoms with Crippen molar-refractivity contribution in [3.63, 3.8) is 0 Å². The first-order chi connectivity index (χ1) is 14.1. The summed E-state index contributed by atoms with van der Waals surface area (Å²) in [6.45, 7) is 2.03. The lowest BCUT2D eigenvalue weighted by Gasteiger charge is -2.19. The summed E-state index contributed by atoms with van der Waals surface area (Å²) in [6.07, 6.45) is 0. The van der Waals surface area contributed by atoms with E-state index in [1.165, 1.54) is 0 Å². The fourth-order valence-corrected chi connectivity index (χ4v) is 3.51. The van der Waals surface area contributed by atoms with E-state index in [1.807, 2.05) is 86.8 Å². The lowest BCUT2D eigenvalue weighted by molar-refractivity contribution is 0.0965. The van der Waals surface area contributed by atoms with Crippen molar-refractivity contribution in [3.05, 3.63) is 89.6 Å². The molecule has 0 aliphatic carbocycles. The smallest absolute Gasteiger partial charge is 0.210 e. The number of benzene rings is 3. The molecule has 1 heterocycles. The SMILES string of the molecule is COc1cccc(NC(C(=O)c2nn(C)c3cc(C)ccc23)c2ccccc2)c1. The van der Waals surface area contributed by atoms with E-state index < -0.39 is 6.04 Å². The van der Waals surface area contributed by atoms with E-state index in [2.05, 4.69) is 10.4 Å². The zero-order valence-electron chi connectivity index (χ0n) is 16.7. The molecule has 0 aliphatic rings. The number of anilines is 1. The monoisotopic (exact) mass is 385 g/mol. The van der Waals surface area contributed by atoms with Crippen LogP contribution < -0.4 is 10.1 Å². The van der Waals surface area contributed by atoms with Gasteiger partial charge in [-0.15, -0.1) is 0 Å². The number of hydrogen-bond acceptors (Lipinski definition) is 4. The van der Waals surface area contributed by atoms with Crippen LogP contribution in [-0.2, 0) is 7.05 Å². The van der Waals surface area contributed by atoms with Crippen LogP contribution in [0, 0.1) is 6.92 Å². The quantitative estimate of drug-likeness (QED) is 0.478. The van der Waals surface area contributed by atoms with Gasteiger partial charge in [-0.05, 0) is 36.2 Å². The van der Waals surface area contributed by atoms with Crippen LogP contribution in [-0.4, -0.2) is 22.7 Å². The van der Waals surface area contributed by atoms with E-state index in [0.29, 0.717) is 5.69 Å². The zero-order valence-corrected chi connectivity index (χ0v) is 16.7. The second-order valence-electron chi connectivity index (χ2n) is 7.08. The first-order valence-corrected chi connectivity index (χ1v) is 9.50. The Morgan fingerprint density at radius 3 is 2.59 bits per heavy atom. The Kier molecular flexibility index (Phi) is 5.04. The molecule has 29 heavy (non-hydrogen) atoms. The van der Waals surface area contributed by atoms with Crippen LogP contribution in [0.2, 0.25) is 0 Å². The third kappa shape index (κ3) is 3.72. The number of rotatable bonds is 6. The van der Waals surface area contributed by atoms with E-state index in [9.17, 15) is 4.79 Å². The molecule has 1 unspecified atom stereocenters. The third-order valence-corrected chi connectivity index (χ3v) is 5.02. The maximum absolute atomic E-state index is 13.6. The van der Waals surface area contributed by atoms with Crippen LogP contribution in [0.4, 0.5) is 5.69 Å². The number of nitrogens with one attached hydrogen (secondary N) is 1. The fourth-order valence-electron chi connectivity index (χ4n) is 3.51. The molecule has 3 aromatic carbocycles. The summed E-state index contributed by atoms with van der Waals surface area (Å²) in [6, 6.07) is 22.7. The molecule has 146 valence electrons. The number of ketones is 1. The normalized spacial score (nSPS) is 12.0. The highest BCUT2D eigenvalue weighted by Crippen LogP contribution is 2.28. The second-order valence-corrected chi connectivity index (χ2v) is 7.08. The van der Waals surface area contributed by atoms with E-state index in [4.69, 9.17) is 4.74 Å². The first-order valence-electron chi connectivity index (χ1n) is 9.50. The Morgan fingerprint density at radius 2 is 1.83 bits per heavy atom. The van der Waals surface area contributed by atoms with E-state index in [1.54, 1.807) is 11.8 Å². The van der Waals surface area contributed by atoms with E-state index >= 15 is 0 Å². The average molecular weight is 385 g/mol. The number of aryl methyl sites for hydroxylation is 2. The minimum atomic E-state index is -0.567. The molecule has 4 rings (SSSR count). The van der Waals surface area contributed by atoms with Crippen LogP contribution in [0.3, 0.4) is 0 Å². The Hall–Kier alpha value is -3.60. The Balaban J connectivity index is 1.78. The summed E-state index contributed by atoms with van der Waals surface area (Å²) in [5, 5.41) is 8.79. The van der Waals surface area contributed by atoms with Crippen molar-refractivity contribution in [2.75, 3.05) is 12.4 Å². The molecule has 0 bridgehead atoms. The molecule has 0 saturated heterocycles. The summed E-state index contributed by atoms with van der Waals surface area (Å²) in [5.74, 6) is 0.654. The molecular formula is C24H23N3O2. The van der Waals surface area contributed by atoms with Gasteiger partial charge in [0.2, 0.25) is 5.78 Å². The van der Waals surface area contributed by atoms with E-state index in [-0.39, 0.29) is 5.78 Å². The van der Waals surface area contributed by atoms with Crippen molar-refractivity contribution in [2.24, 2.45) is 7.05 Å². The minimum absolute atomic E-state index is 0.0755. The molecule has 0 saturated carbocycles. The topological polar surface area (TPSA) is 56.1 Å². The van der Waals surface area contributed by atoms with Crippen molar-refractivity contribution in [1.29, 1.82) is 0 Å². The summed E-state index contributed by atoms with van der Waals surface area (Å²) >= 11 is 0. The van der Waals surface area contributed by atoms with Crippen molar-refractivity contribution >= 4 is 22.4 Å². The van der Waals surface area contributed by atoms with Gasteiger partial charge in [-0.3, -0.25) is 9.48 Å². The van der Waals surface area contributed by atoms with Gasteiger partial charge >= 0.3 is 0 Å². The molecule has 5 heteroatoms. The van der Waals surface area contributed by atoms with Crippen molar-refractivity contribution in [1.82, 2.24) is 9.78 Å². The summed E-state index contributed by atoms with van der Waals surface area (Å²) in [4.78, 5) is 13.6. The Labute approximate surface area is 169 Å². The zero-order chi connectivity index (χ0) is 20.4. The largest absolute Gasteiger partial charge is 0.497 e. The summed E-state index contributed by atoms with van der Waals surface area (Å²) < 4.78 is 7.09. The number of nitrogens with zero attached hydrogens (tertiary/aromatic N) is 2. The Morgan fingerprint density at radius 1 is 1.03 bits per heavy atom. The highest BCUT2D eigenvalue weighted by molar-refractivity contribution is 6.10. The van der Waals surface area contributed by atoms with Gasteiger partial charge in [0.25, 0.3) is 0 Å². The molecule has 0 spiro atoms. The van der Waals surface area contributed by atoms with Crippen LogP contribution in [0.5, 0.6) is 5.75 Å². The molecular weight excluding hydrogens is 362 g/mol. The molecule has 1 aromatic heterocycles. The number of fused-ring (bicyclic) bond motifs is 1. The predicted octanol–water partition coefficient (Wildman–Crippen LogP) is 4.93. The molecule has 0 amide bonds. The number of aromatic nitrogens is 2. The van der Waals surface area contributed by atoms with Crippen LogP contribution in [0.1, 0.15) is 27.7 Å². The minimum Gasteiger partial charge on any atom is -0.497 e. The third-order valence-electron chi connectivity index (χ3n) is 5.02. The van der Waals surface area contributed by atoms with Gasteiger partial charge in [-0.1, -0.05) is 48.5 Å². The second kappa shape index (κ2) is 7.80. The summed E-state index contributed by atoms with van der Waals surface area (Å²) in [5.41, 5.74) is 4.23. The average Bonchev–Trinajstić information content (AvgIpc) is 3.08. The van der Waals surface area contributed by atoms with Gasteiger partial charge < -0.3 is 10.1 Å². The molecule has 5 nitrogen and oxygen atoms in total. The highest BCUT2D eigenvalue weighted by Gasteiger charge is 2.26. The van der Waals surface area contributed by atoms with Gasteiger partial charge in [0.05, 0.1) is 12.6 Å². The maximum atomic E-state index is 13.6. The number of carbonyl (C=O) groups is 1. The molecule has 0 fully saturated rings. The molecule has 0 radical (unpaired) electrons. The molecule has 4 aromatic rings. The van der Waals surface area contributed by atoms with Crippen LogP contribution >= 0.6 is 0 Å². The van der Waals surface area contributed by atoms with Gasteiger partial charge in [0, 0.05) is 24.2 Å². The Bertz CT molecular complexity index is 1170. The molecule has 1 N–H and O–H groups in total. The van der Waals surface area contributed by atoms with Crippen molar-refractivity contribution in [2.45, 2.75) is 13.0 Å². The lowest BCUT2D eigenvalue weighted by Crippen LogP contribution is -2.22.